The van der Waals surface area contributed by atoms with Gasteiger partial charge < -0.3 is 20.8 Å². The van der Waals surface area contributed by atoms with Crippen LogP contribution in [0.1, 0.15) is 10.4 Å². The molecule has 0 aromatic heterocycles. The van der Waals surface area contributed by atoms with Gasteiger partial charge in [-0.15, -0.1) is 0 Å². The number of phenols is 2. The Kier molecular flexibility index (Phi) is 3.29. The van der Waals surface area contributed by atoms with Gasteiger partial charge in [-0.2, -0.15) is 0 Å². The van der Waals surface area contributed by atoms with Gasteiger partial charge in [0.2, 0.25) is 0 Å². The summed E-state index contributed by atoms with van der Waals surface area (Å²) < 4.78 is 0. The molecule has 2 aromatic rings. The van der Waals surface area contributed by atoms with Crippen molar-refractivity contribution >= 4 is 17.3 Å². The van der Waals surface area contributed by atoms with Crippen molar-refractivity contribution < 1.29 is 15.0 Å². The van der Waals surface area contributed by atoms with Crippen molar-refractivity contribution in [2.24, 2.45) is 0 Å². The van der Waals surface area contributed by atoms with Crippen LogP contribution in [0, 0.1) is 0 Å². The molecular weight excluding hydrogens is 244 g/mol. The maximum Gasteiger partial charge on any atom is 0.265 e. The predicted molar refractivity (Wildman–Crippen MR) is 73.4 cm³/mol. The first-order valence-corrected chi connectivity index (χ1v) is 5.66. The van der Waals surface area contributed by atoms with Gasteiger partial charge in [0, 0.05) is 7.05 Å². The fraction of sp³-hybridized carbons (Fsp3) is 0.0714. The van der Waals surface area contributed by atoms with Crippen LogP contribution in [0.3, 0.4) is 0 Å². The number of carbonyl (C=O) groups is 1. The van der Waals surface area contributed by atoms with Crippen LogP contribution in [0.5, 0.6) is 11.5 Å². The maximum atomic E-state index is 12.3. The Morgan fingerprint density at radius 2 is 1.63 bits per heavy atom. The number of nitrogens with zero attached hydrogens (tertiary/aromatic N) is 1. The van der Waals surface area contributed by atoms with Crippen LogP contribution in [0.15, 0.2) is 42.5 Å². The second kappa shape index (κ2) is 4.89. The van der Waals surface area contributed by atoms with Gasteiger partial charge in [0.05, 0.1) is 11.4 Å². The van der Waals surface area contributed by atoms with Gasteiger partial charge in [-0.1, -0.05) is 18.2 Å². The first kappa shape index (κ1) is 12.8. The molecular formula is C14H14N2O3. The van der Waals surface area contributed by atoms with E-state index in [9.17, 15) is 15.0 Å². The summed E-state index contributed by atoms with van der Waals surface area (Å²) in [6, 6.07) is 11.0. The lowest BCUT2D eigenvalue weighted by Crippen LogP contribution is -2.27. The van der Waals surface area contributed by atoms with Gasteiger partial charge in [0.15, 0.2) is 0 Å². The van der Waals surface area contributed by atoms with E-state index in [2.05, 4.69) is 0 Å². The fourth-order valence-corrected chi connectivity index (χ4v) is 1.82. The van der Waals surface area contributed by atoms with Crippen molar-refractivity contribution in [3.05, 3.63) is 48.0 Å². The van der Waals surface area contributed by atoms with E-state index in [0.29, 0.717) is 11.4 Å². The van der Waals surface area contributed by atoms with Gasteiger partial charge in [-0.05, 0) is 24.3 Å². The molecule has 1 amide bonds. The number of hydrogen-bond donors (Lipinski definition) is 3. The summed E-state index contributed by atoms with van der Waals surface area (Å²) in [5.41, 5.74) is 6.60. The number of amides is 1. The maximum absolute atomic E-state index is 12.3. The zero-order chi connectivity index (χ0) is 14.0. The lowest BCUT2D eigenvalue weighted by atomic mass is 10.1. The van der Waals surface area contributed by atoms with Crippen LogP contribution in [-0.4, -0.2) is 23.2 Å². The first-order chi connectivity index (χ1) is 9.02. The van der Waals surface area contributed by atoms with Gasteiger partial charge >= 0.3 is 0 Å². The molecule has 19 heavy (non-hydrogen) atoms. The minimum absolute atomic E-state index is 0.145. The monoisotopic (exact) mass is 258 g/mol. The Morgan fingerprint density at radius 1 is 1.05 bits per heavy atom. The Morgan fingerprint density at radius 3 is 2.21 bits per heavy atom. The average Bonchev–Trinajstić information content (AvgIpc) is 2.38. The molecule has 0 saturated carbocycles. The summed E-state index contributed by atoms with van der Waals surface area (Å²) in [6.45, 7) is 0. The number of carbonyl (C=O) groups excluding carboxylic acids is 1. The summed E-state index contributed by atoms with van der Waals surface area (Å²) >= 11 is 0. The van der Waals surface area contributed by atoms with Crippen LogP contribution in [0.4, 0.5) is 11.4 Å². The lowest BCUT2D eigenvalue weighted by molar-refractivity contribution is 0.0988. The molecule has 2 aromatic carbocycles. The Labute approximate surface area is 110 Å². The van der Waals surface area contributed by atoms with E-state index in [-0.39, 0.29) is 17.1 Å². The lowest BCUT2D eigenvalue weighted by Gasteiger charge is -2.20. The molecule has 0 aliphatic carbocycles. The highest BCUT2D eigenvalue weighted by Gasteiger charge is 2.21. The third kappa shape index (κ3) is 2.30. The molecule has 0 aliphatic rings. The summed E-state index contributed by atoms with van der Waals surface area (Å²) in [4.78, 5) is 13.6. The second-order valence-electron chi connectivity index (χ2n) is 4.09. The molecule has 0 aliphatic heterocycles. The highest BCUT2D eigenvalue weighted by molar-refractivity contribution is 6.10. The van der Waals surface area contributed by atoms with Gasteiger partial charge in [-0.25, -0.2) is 0 Å². The average molecular weight is 258 g/mol. The van der Waals surface area contributed by atoms with Gasteiger partial charge in [-0.3, -0.25) is 4.79 Å². The van der Waals surface area contributed by atoms with E-state index < -0.39 is 5.91 Å². The standard InChI is InChI=1S/C14H14N2O3/c1-16(10-6-3-2-5-9(10)15)14(19)13-11(17)7-4-8-12(13)18/h2-8,17-18H,15H2,1H3. The molecule has 2 rings (SSSR count). The minimum atomic E-state index is -0.534. The number of nitrogen functional groups attached to an aromatic ring is 1. The normalized spacial score (nSPS) is 10.2. The van der Waals surface area contributed by atoms with E-state index in [1.807, 2.05) is 0 Å². The Hall–Kier alpha value is -2.69. The number of phenolic OH excluding ortho intramolecular Hbond substituents is 2. The van der Waals surface area contributed by atoms with Crippen molar-refractivity contribution in [2.75, 3.05) is 17.7 Å². The van der Waals surface area contributed by atoms with Crippen LogP contribution >= 0.6 is 0 Å². The quantitative estimate of drug-likeness (QED) is 0.718. The topological polar surface area (TPSA) is 86.8 Å². The molecule has 4 N–H and O–H groups in total. The van der Waals surface area contributed by atoms with Crippen LogP contribution in [0.2, 0.25) is 0 Å². The number of anilines is 2. The number of hydrogen-bond acceptors (Lipinski definition) is 4. The number of rotatable bonds is 2. The van der Waals surface area contributed by atoms with Crippen molar-refractivity contribution in [2.45, 2.75) is 0 Å². The molecule has 0 saturated heterocycles. The molecule has 0 heterocycles. The first-order valence-electron chi connectivity index (χ1n) is 5.66. The summed E-state index contributed by atoms with van der Waals surface area (Å²) in [6.07, 6.45) is 0. The molecule has 0 atom stereocenters. The third-order valence-corrected chi connectivity index (χ3v) is 2.84. The van der Waals surface area contributed by atoms with E-state index in [1.165, 1.54) is 30.1 Å². The SMILES string of the molecule is CN(C(=O)c1c(O)cccc1O)c1ccccc1N. The molecule has 5 heteroatoms. The summed E-state index contributed by atoms with van der Waals surface area (Å²) in [5, 5.41) is 19.4. The molecule has 98 valence electrons. The van der Waals surface area contributed by atoms with Crippen LogP contribution in [-0.2, 0) is 0 Å². The van der Waals surface area contributed by atoms with Gasteiger partial charge in [0.1, 0.15) is 17.1 Å². The molecule has 0 unspecified atom stereocenters. The number of benzene rings is 2. The van der Waals surface area contributed by atoms with Crippen LogP contribution < -0.4 is 10.6 Å². The number of aromatic hydroxyl groups is 2. The Balaban J connectivity index is 2.43. The molecule has 5 nitrogen and oxygen atoms in total. The second-order valence-corrected chi connectivity index (χ2v) is 4.09. The predicted octanol–water partition coefficient (Wildman–Crippen LogP) is 1.96. The third-order valence-electron chi connectivity index (χ3n) is 2.84. The Bertz CT molecular complexity index is 606. The minimum Gasteiger partial charge on any atom is -0.507 e. The molecule has 0 fully saturated rings. The van der Waals surface area contributed by atoms with Crippen molar-refractivity contribution in [3.63, 3.8) is 0 Å². The molecule has 0 radical (unpaired) electrons. The zero-order valence-corrected chi connectivity index (χ0v) is 10.4. The van der Waals surface area contributed by atoms with Crippen molar-refractivity contribution in [3.8, 4) is 11.5 Å². The summed E-state index contributed by atoms with van der Waals surface area (Å²) in [7, 11) is 1.53. The van der Waals surface area contributed by atoms with E-state index in [4.69, 9.17) is 5.73 Å². The van der Waals surface area contributed by atoms with E-state index in [1.54, 1.807) is 24.3 Å². The van der Waals surface area contributed by atoms with Gasteiger partial charge in [0.25, 0.3) is 5.91 Å². The smallest absolute Gasteiger partial charge is 0.265 e. The van der Waals surface area contributed by atoms with Crippen LogP contribution in [0.25, 0.3) is 0 Å². The molecule has 0 bridgehead atoms. The molecule has 0 spiro atoms. The van der Waals surface area contributed by atoms with Crippen molar-refractivity contribution in [1.29, 1.82) is 0 Å². The number of nitrogens with two attached hydrogens (primary N) is 1. The largest absolute Gasteiger partial charge is 0.507 e. The van der Waals surface area contributed by atoms with Crippen molar-refractivity contribution in [1.82, 2.24) is 0 Å². The van der Waals surface area contributed by atoms with E-state index >= 15 is 0 Å². The highest BCUT2D eigenvalue weighted by atomic mass is 16.3. The van der Waals surface area contributed by atoms with E-state index in [0.717, 1.165) is 0 Å². The number of para-hydroxylation sites is 2. The summed E-state index contributed by atoms with van der Waals surface area (Å²) in [5.74, 6) is -1.08. The fourth-order valence-electron chi connectivity index (χ4n) is 1.82. The zero-order valence-electron chi connectivity index (χ0n) is 10.4. The highest BCUT2D eigenvalue weighted by Crippen LogP contribution is 2.30.